The number of hydrogen-bond donors (Lipinski definition) is 2. The van der Waals surface area contributed by atoms with E-state index >= 15 is 0 Å². The predicted molar refractivity (Wildman–Crippen MR) is 59.4 cm³/mol. The maximum absolute atomic E-state index is 11.7. The zero-order chi connectivity index (χ0) is 11.5. The zero-order valence-corrected chi connectivity index (χ0v) is 9.88. The van der Waals surface area contributed by atoms with E-state index in [1.165, 1.54) is 0 Å². The Hall–Kier alpha value is -0.610. The van der Waals surface area contributed by atoms with E-state index < -0.39 is 6.04 Å². The van der Waals surface area contributed by atoms with Gasteiger partial charge >= 0.3 is 0 Å². The fraction of sp³-hybridized carbons (Fsp3) is 0.909. The van der Waals surface area contributed by atoms with Crippen molar-refractivity contribution >= 4 is 5.91 Å². The Morgan fingerprint density at radius 2 is 2.27 bits per heavy atom. The van der Waals surface area contributed by atoms with Crippen LogP contribution in [0.1, 0.15) is 33.6 Å². The highest BCUT2D eigenvalue weighted by molar-refractivity contribution is 5.82. The summed E-state index contributed by atoms with van der Waals surface area (Å²) in [4.78, 5) is 11.7. The Bertz CT molecular complexity index is 217. The molecule has 1 aliphatic heterocycles. The number of ether oxygens (including phenoxy) is 1. The van der Waals surface area contributed by atoms with Crippen LogP contribution >= 0.6 is 0 Å². The van der Waals surface area contributed by atoms with Crippen molar-refractivity contribution in [3.8, 4) is 0 Å². The molecule has 1 rings (SSSR count). The van der Waals surface area contributed by atoms with Crippen molar-refractivity contribution < 1.29 is 9.53 Å². The minimum absolute atomic E-state index is 0.0852. The van der Waals surface area contributed by atoms with Gasteiger partial charge in [-0.3, -0.25) is 4.79 Å². The molecule has 2 atom stereocenters. The zero-order valence-electron chi connectivity index (χ0n) is 9.88. The number of nitrogens with one attached hydrogen (secondary N) is 1. The molecule has 88 valence electrons. The number of hydrogen-bond acceptors (Lipinski definition) is 3. The Labute approximate surface area is 91.5 Å². The number of nitrogens with two attached hydrogens (primary N) is 1. The van der Waals surface area contributed by atoms with E-state index in [2.05, 4.69) is 5.32 Å². The van der Waals surface area contributed by atoms with Gasteiger partial charge in [0.25, 0.3) is 0 Å². The highest BCUT2D eigenvalue weighted by Crippen LogP contribution is 2.17. The van der Waals surface area contributed by atoms with Gasteiger partial charge in [0.1, 0.15) is 0 Å². The van der Waals surface area contributed by atoms with Gasteiger partial charge in [-0.1, -0.05) is 20.8 Å². The van der Waals surface area contributed by atoms with Crippen molar-refractivity contribution in [2.45, 2.75) is 45.8 Å². The van der Waals surface area contributed by atoms with Crippen LogP contribution in [-0.2, 0) is 9.53 Å². The number of rotatable bonds is 3. The van der Waals surface area contributed by atoms with Gasteiger partial charge in [0.15, 0.2) is 0 Å². The highest BCUT2D eigenvalue weighted by Gasteiger charge is 2.28. The second kappa shape index (κ2) is 4.94. The molecular weight excluding hydrogens is 192 g/mol. The molecule has 0 aromatic heterocycles. The molecule has 1 fully saturated rings. The standard InChI is InChI=1S/C11H22N2O2/c1-11(2,3)9(12)10(14)13-7-8-5-4-6-15-8/h8-9H,4-7,12H2,1-3H3,(H,13,14)/t8?,9-/m1/s1. The van der Waals surface area contributed by atoms with Crippen LogP contribution < -0.4 is 11.1 Å². The SMILES string of the molecule is CC(C)(C)[C@H](N)C(=O)NCC1CCCO1. The Morgan fingerprint density at radius 1 is 1.60 bits per heavy atom. The normalized spacial score (nSPS) is 23.9. The third kappa shape index (κ3) is 3.80. The van der Waals surface area contributed by atoms with Crippen molar-refractivity contribution in [2.75, 3.05) is 13.2 Å². The van der Waals surface area contributed by atoms with Crippen LogP contribution in [0.15, 0.2) is 0 Å². The summed E-state index contributed by atoms with van der Waals surface area (Å²) in [6.45, 7) is 7.28. The molecule has 1 unspecified atom stereocenters. The van der Waals surface area contributed by atoms with Crippen LogP contribution in [-0.4, -0.2) is 31.2 Å². The summed E-state index contributed by atoms with van der Waals surface area (Å²) in [7, 11) is 0. The van der Waals surface area contributed by atoms with E-state index in [0.717, 1.165) is 19.4 Å². The average molecular weight is 214 g/mol. The third-order valence-electron chi connectivity index (χ3n) is 2.74. The molecule has 3 N–H and O–H groups in total. The molecule has 0 spiro atoms. The minimum atomic E-state index is -0.459. The fourth-order valence-electron chi connectivity index (χ4n) is 1.52. The molecular formula is C11H22N2O2. The molecule has 0 radical (unpaired) electrons. The Kier molecular flexibility index (Phi) is 4.11. The van der Waals surface area contributed by atoms with Gasteiger partial charge in [-0.2, -0.15) is 0 Å². The summed E-state index contributed by atoms with van der Waals surface area (Å²) in [6.07, 6.45) is 2.30. The number of amides is 1. The lowest BCUT2D eigenvalue weighted by atomic mass is 9.87. The van der Waals surface area contributed by atoms with Crippen molar-refractivity contribution in [2.24, 2.45) is 11.1 Å². The first kappa shape index (κ1) is 12.5. The van der Waals surface area contributed by atoms with Crippen LogP contribution in [0, 0.1) is 5.41 Å². The molecule has 1 aliphatic rings. The Balaban J connectivity index is 2.29. The molecule has 0 aromatic rings. The van der Waals surface area contributed by atoms with Crippen LogP contribution in [0.4, 0.5) is 0 Å². The summed E-state index contributed by atoms with van der Waals surface area (Å²) < 4.78 is 5.41. The monoisotopic (exact) mass is 214 g/mol. The number of carbonyl (C=O) groups excluding carboxylic acids is 1. The van der Waals surface area contributed by atoms with Gasteiger partial charge in [-0.15, -0.1) is 0 Å². The van der Waals surface area contributed by atoms with Gasteiger partial charge < -0.3 is 15.8 Å². The lowest BCUT2D eigenvalue weighted by molar-refractivity contribution is -0.125. The summed E-state index contributed by atoms with van der Waals surface area (Å²) >= 11 is 0. The second-order valence-electron chi connectivity index (χ2n) is 5.22. The van der Waals surface area contributed by atoms with Crippen molar-refractivity contribution in [1.29, 1.82) is 0 Å². The quantitative estimate of drug-likeness (QED) is 0.725. The fourth-order valence-corrected chi connectivity index (χ4v) is 1.52. The Morgan fingerprint density at radius 3 is 2.73 bits per heavy atom. The molecule has 0 aromatic carbocycles. The molecule has 4 nitrogen and oxygen atoms in total. The summed E-state index contributed by atoms with van der Waals surface area (Å²) in [5.74, 6) is -0.0852. The maximum atomic E-state index is 11.7. The van der Waals surface area contributed by atoms with E-state index in [1.807, 2.05) is 20.8 Å². The van der Waals surface area contributed by atoms with Crippen LogP contribution in [0.5, 0.6) is 0 Å². The lowest BCUT2D eigenvalue weighted by Crippen LogP contribution is -2.50. The average Bonchev–Trinajstić information content (AvgIpc) is 2.63. The van der Waals surface area contributed by atoms with E-state index in [9.17, 15) is 4.79 Å². The van der Waals surface area contributed by atoms with Crippen LogP contribution in [0.25, 0.3) is 0 Å². The van der Waals surface area contributed by atoms with Crippen molar-refractivity contribution in [3.05, 3.63) is 0 Å². The van der Waals surface area contributed by atoms with Gasteiger partial charge in [-0.05, 0) is 18.3 Å². The minimum Gasteiger partial charge on any atom is -0.376 e. The van der Waals surface area contributed by atoms with Crippen LogP contribution in [0.3, 0.4) is 0 Å². The molecule has 1 heterocycles. The molecule has 0 bridgehead atoms. The topological polar surface area (TPSA) is 64.4 Å². The molecule has 1 saturated heterocycles. The first-order valence-corrected chi connectivity index (χ1v) is 5.56. The smallest absolute Gasteiger partial charge is 0.237 e. The summed E-state index contributed by atoms with van der Waals surface area (Å²) in [5.41, 5.74) is 5.63. The third-order valence-corrected chi connectivity index (χ3v) is 2.74. The molecule has 4 heteroatoms. The van der Waals surface area contributed by atoms with Crippen LogP contribution in [0.2, 0.25) is 0 Å². The predicted octanol–water partition coefficient (Wildman–Crippen LogP) is 0.655. The van der Waals surface area contributed by atoms with E-state index in [-0.39, 0.29) is 17.4 Å². The molecule has 0 saturated carbocycles. The van der Waals surface area contributed by atoms with E-state index in [4.69, 9.17) is 10.5 Å². The second-order valence-corrected chi connectivity index (χ2v) is 5.22. The summed E-state index contributed by atoms with van der Waals surface area (Å²) in [6, 6.07) is -0.459. The highest BCUT2D eigenvalue weighted by atomic mass is 16.5. The van der Waals surface area contributed by atoms with E-state index in [1.54, 1.807) is 0 Å². The molecule has 0 aliphatic carbocycles. The largest absolute Gasteiger partial charge is 0.376 e. The van der Waals surface area contributed by atoms with Crippen molar-refractivity contribution in [3.63, 3.8) is 0 Å². The molecule has 1 amide bonds. The first-order chi connectivity index (χ1) is 6.91. The van der Waals surface area contributed by atoms with Crippen molar-refractivity contribution in [1.82, 2.24) is 5.32 Å². The molecule has 15 heavy (non-hydrogen) atoms. The van der Waals surface area contributed by atoms with Gasteiger partial charge in [0, 0.05) is 13.2 Å². The van der Waals surface area contributed by atoms with Gasteiger partial charge in [0.2, 0.25) is 5.91 Å². The number of carbonyl (C=O) groups is 1. The maximum Gasteiger partial charge on any atom is 0.237 e. The lowest BCUT2D eigenvalue weighted by Gasteiger charge is -2.26. The van der Waals surface area contributed by atoms with Gasteiger partial charge in [-0.25, -0.2) is 0 Å². The van der Waals surface area contributed by atoms with Gasteiger partial charge in [0.05, 0.1) is 12.1 Å². The van der Waals surface area contributed by atoms with E-state index in [0.29, 0.717) is 6.54 Å². The first-order valence-electron chi connectivity index (χ1n) is 5.56. The summed E-state index contributed by atoms with van der Waals surface area (Å²) in [5, 5.41) is 2.84.